The number of hydrogen-bond donors (Lipinski definition) is 0. The molecule has 1 aliphatic heterocycles. The highest BCUT2D eigenvalue weighted by Gasteiger charge is 2.25. The summed E-state index contributed by atoms with van der Waals surface area (Å²) in [5, 5.41) is 16.0. The van der Waals surface area contributed by atoms with Gasteiger partial charge in [0.05, 0.1) is 12.0 Å². The molecule has 1 fully saturated rings. The van der Waals surface area contributed by atoms with Crippen molar-refractivity contribution in [2.75, 3.05) is 43.1 Å². The number of rotatable bonds is 6. The number of aromatic nitrogens is 2. The van der Waals surface area contributed by atoms with Gasteiger partial charge in [0.25, 0.3) is 11.6 Å². The highest BCUT2D eigenvalue weighted by atomic mass is 16.6. The summed E-state index contributed by atoms with van der Waals surface area (Å²) in [6.45, 7) is 4.86. The Morgan fingerprint density at radius 3 is 2.23 bits per heavy atom. The monoisotopic (exact) mass is 471 g/mol. The standard InChI is InChI=1S/C26H25N5O4/c1-18-3-5-19(6-4-18)25-27-26(35-28-25)20-7-12-23(24(17-20)31(32)33)30-15-13-29(14-16-30)21-8-10-22(34-2)11-9-21/h3-12,17H,13-16H2,1-2H3. The van der Waals surface area contributed by atoms with E-state index in [1.165, 1.54) is 6.07 Å². The normalized spacial score (nSPS) is 13.7. The van der Waals surface area contributed by atoms with Crippen molar-refractivity contribution in [3.8, 4) is 28.6 Å². The average molecular weight is 472 g/mol. The molecule has 0 bridgehead atoms. The maximum Gasteiger partial charge on any atom is 0.293 e. The molecule has 35 heavy (non-hydrogen) atoms. The molecule has 0 saturated carbocycles. The Bertz CT molecular complexity index is 1330. The molecule has 9 heteroatoms. The topological polar surface area (TPSA) is 97.8 Å². The summed E-state index contributed by atoms with van der Waals surface area (Å²) < 4.78 is 10.7. The van der Waals surface area contributed by atoms with Crippen LogP contribution in [-0.4, -0.2) is 48.4 Å². The number of nitro groups is 1. The second-order valence-electron chi connectivity index (χ2n) is 8.42. The van der Waals surface area contributed by atoms with Crippen molar-refractivity contribution >= 4 is 17.1 Å². The Balaban J connectivity index is 1.34. The fraction of sp³-hybridized carbons (Fsp3) is 0.231. The first kappa shape index (κ1) is 22.4. The molecule has 0 radical (unpaired) electrons. The summed E-state index contributed by atoms with van der Waals surface area (Å²) >= 11 is 0. The molecule has 1 saturated heterocycles. The Labute approximate surface area is 202 Å². The van der Waals surface area contributed by atoms with Crippen LogP contribution in [0.3, 0.4) is 0 Å². The third-order valence-corrected chi connectivity index (χ3v) is 6.21. The minimum atomic E-state index is -0.355. The van der Waals surface area contributed by atoms with Crippen molar-refractivity contribution in [1.82, 2.24) is 10.1 Å². The minimum absolute atomic E-state index is 0.0236. The Morgan fingerprint density at radius 1 is 0.914 bits per heavy atom. The van der Waals surface area contributed by atoms with Gasteiger partial charge in [-0.15, -0.1) is 0 Å². The van der Waals surface area contributed by atoms with E-state index in [9.17, 15) is 10.1 Å². The first-order valence-electron chi connectivity index (χ1n) is 11.4. The van der Waals surface area contributed by atoms with Crippen LogP contribution in [0.25, 0.3) is 22.8 Å². The van der Waals surface area contributed by atoms with Crippen LogP contribution in [-0.2, 0) is 0 Å². The van der Waals surface area contributed by atoms with E-state index in [-0.39, 0.29) is 16.5 Å². The second kappa shape index (κ2) is 9.46. The van der Waals surface area contributed by atoms with Crippen LogP contribution < -0.4 is 14.5 Å². The fourth-order valence-electron chi connectivity index (χ4n) is 4.23. The fourth-order valence-corrected chi connectivity index (χ4v) is 4.23. The van der Waals surface area contributed by atoms with Gasteiger partial charge in [-0.25, -0.2) is 0 Å². The molecule has 9 nitrogen and oxygen atoms in total. The maximum absolute atomic E-state index is 11.9. The maximum atomic E-state index is 11.9. The smallest absolute Gasteiger partial charge is 0.293 e. The first-order valence-corrected chi connectivity index (χ1v) is 11.4. The summed E-state index contributed by atoms with van der Waals surface area (Å²) in [4.78, 5) is 20.4. The summed E-state index contributed by atoms with van der Waals surface area (Å²) in [7, 11) is 1.65. The predicted molar refractivity (Wildman–Crippen MR) is 134 cm³/mol. The molecule has 0 atom stereocenters. The van der Waals surface area contributed by atoms with Crippen molar-refractivity contribution in [3.05, 3.63) is 82.4 Å². The van der Waals surface area contributed by atoms with Gasteiger partial charge < -0.3 is 19.1 Å². The number of anilines is 2. The van der Waals surface area contributed by atoms with E-state index in [4.69, 9.17) is 9.26 Å². The van der Waals surface area contributed by atoms with Crippen molar-refractivity contribution in [3.63, 3.8) is 0 Å². The number of nitro benzene ring substituents is 1. The second-order valence-corrected chi connectivity index (χ2v) is 8.42. The summed E-state index contributed by atoms with van der Waals surface area (Å²) in [5.41, 5.74) is 4.20. The number of nitrogens with zero attached hydrogens (tertiary/aromatic N) is 5. The molecule has 0 spiro atoms. The number of ether oxygens (including phenoxy) is 1. The largest absolute Gasteiger partial charge is 0.497 e. The van der Waals surface area contributed by atoms with Gasteiger partial charge in [0.1, 0.15) is 11.4 Å². The predicted octanol–water partition coefficient (Wildman–Crippen LogP) is 4.96. The molecule has 178 valence electrons. The van der Waals surface area contributed by atoms with Gasteiger partial charge in [0.2, 0.25) is 5.82 Å². The lowest BCUT2D eigenvalue weighted by Crippen LogP contribution is -2.46. The molecule has 1 aromatic heterocycles. The molecular weight excluding hydrogens is 446 g/mol. The summed E-state index contributed by atoms with van der Waals surface area (Å²) in [6.07, 6.45) is 0. The molecule has 2 heterocycles. The Morgan fingerprint density at radius 2 is 1.57 bits per heavy atom. The molecule has 0 aliphatic carbocycles. The van der Waals surface area contributed by atoms with Crippen molar-refractivity contribution < 1.29 is 14.2 Å². The zero-order valence-corrected chi connectivity index (χ0v) is 19.5. The first-order chi connectivity index (χ1) is 17.0. The van der Waals surface area contributed by atoms with Crippen LogP contribution in [0, 0.1) is 17.0 Å². The average Bonchev–Trinajstić information content (AvgIpc) is 3.39. The van der Waals surface area contributed by atoms with Gasteiger partial charge in [-0.3, -0.25) is 10.1 Å². The van der Waals surface area contributed by atoms with E-state index in [0.29, 0.717) is 30.2 Å². The lowest BCUT2D eigenvalue weighted by molar-refractivity contribution is -0.384. The van der Waals surface area contributed by atoms with E-state index in [0.717, 1.165) is 35.7 Å². The third kappa shape index (κ3) is 4.65. The zero-order valence-electron chi connectivity index (χ0n) is 19.5. The SMILES string of the molecule is COc1ccc(N2CCN(c3ccc(-c4nc(-c5ccc(C)cc5)no4)cc3[N+](=O)[O-])CC2)cc1. The van der Waals surface area contributed by atoms with E-state index >= 15 is 0 Å². The van der Waals surface area contributed by atoms with Gasteiger partial charge in [0, 0.05) is 49.1 Å². The van der Waals surface area contributed by atoms with Crippen molar-refractivity contribution in [2.45, 2.75) is 6.92 Å². The lowest BCUT2D eigenvalue weighted by atomic mass is 10.1. The van der Waals surface area contributed by atoms with Crippen LogP contribution in [0.15, 0.2) is 71.3 Å². The highest BCUT2D eigenvalue weighted by Crippen LogP contribution is 2.34. The lowest BCUT2D eigenvalue weighted by Gasteiger charge is -2.37. The Hall–Kier alpha value is -4.40. The van der Waals surface area contributed by atoms with E-state index < -0.39 is 0 Å². The molecule has 4 aromatic rings. The van der Waals surface area contributed by atoms with Gasteiger partial charge in [0.15, 0.2) is 0 Å². The van der Waals surface area contributed by atoms with Crippen LogP contribution in [0.4, 0.5) is 17.1 Å². The van der Waals surface area contributed by atoms with Crippen molar-refractivity contribution in [1.29, 1.82) is 0 Å². The number of benzene rings is 3. The van der Waals surface area contributed by atoms with Crippen LogP contribution in [0.5, 0.6) is 5.75 Å². The van der Waals surface area contributed by atoms with Gasteiger partial charge in [-0.2, -0.15) is 4.98 Å². The number of hydrogen-bond acceptors (Lipinski definition) is 8. The van der Waals surface area contributed by atoms with E-state index in [1.807, 2.05) is 60.4 Å². The molecule has 0 unspecified atom stereocenters. The van der Waals surface area contributed by atoms with Gasteiger partial charge in [-0.1, -0.05) is 35.0 Å². The summed E-state index contributed by atoms with van der Waals surface area (Å²) in [6, 6.07) is 20.8. The van der Waals surface area contributed by atoms with Crippen molar-refractivity contribution in [2.24, 2.45) is 0 Å². The highest BCUT2D eigenvalue weighted by molar-refractivity contribution is 5.72. The Kier molecular flexibility index (Phi) is 6.05. The third-order valence-electron chi connectivity index (χ3n) is 6.21. The van der Waals surface area contributed by atoms with Crippen LogP contribution in [0.2, 0.25) is 0 Å². The molecule has 3 aromatic carbocycles. The van der Waals surface area contributed by atoms with E-state index in [2.05, 4.69) is 15.0 Å². The van der Waals surface area contributed by atoms with Crippen LogP contribution >= 0.6 is 0 Å². The molecule has 1 aliphatic rings. The van der Waals surface area contributed by atoms with Crippen LogP contribution in [0.1, 0.15) is 5.56 Å². The zero-order chi connectivity index (χ0) is 24.4. The molecular formula is C26H25N5O4. The quantitative estimate of drug-likeness (QED) is 0.288. The summed E-state index contributed by atoms with van der Waals surface area (Å²) in [5.74, 6) is 1.51. The number of piperazine rings is 1. The minimum Gasteiger partial charge on any atom is -0.497 e. The number of aryl methyl sites for hydroxylation is 1. The van der Waals surface area contributed by atoms with E-state index in [1.54, 1.807) is 19.2 Å². The van der Waals surface area contributed by atoms with Gasteiger partial charge >= 0.3 is 0 Å². The number of methoxy groups -OCH3 is 1. The van der Waals surface area contributed by atoms with Gasteiger partial charge in [-0.05, 0) is 43.3 Å². The molecule has 5 rings (SSSR count). The molecule has 0 N–H and O–H groups in total. The molecule has 0 amide bonds.